The average Bonchev–Trinajstić information content (AvgIpc) is 3.19. The van der Waals surface area contributed by atoms with Gasteiger partial charge in [-0.25, -0.2) is 0 Å². The number of anilines is 1. The lowest BCUT2D eigenvalue weighted by molar-refractivity contribution is 0.0741. The van der Waals surface area contributed by atoms with Crippen LogP contribution in [0.2, 0.25) is 0 Å². The molecule has 0 bridgehead atoms. The molecule has 1 saturated heterocycles. The highest BCUT2D eigenvalue weighted by Crippen LogP contribution is 2.23. The molecule has 2 heterocycles. The Hall–Kier alpha value is -3.08. The Labute approximate surface area is 159 Å². The van der Waals surface area contributed by atoms with Crippen LogP contribution in [-0.4, -0.2) is 47.2 Å². The fourth-order valence-corrected chi connectivity index (χ4v) is 3.67. The molecule has 0 saturated carbocycles. The van der Waals surface area contributed by atoms with Gasteiger partial charge in [-0.2, -0.15) is 5.10 Å². The number of amides is 1. The predicted octanol–water partition coefficient (Wildman–Crippen LogP) is 3.66. The van der Waals surface area contributed by atoms with Gasteiger partial charge in [-0.05, 0) is 31.5 Å². The molecule has 5 heteroatoms. The Bertz CT molecular complexity index is 940. The van der Waals surface area contributed by atoms with Gasteiger partial charge in [0.15, 0.2) is 0 Å². The van der Waals surface area contributed by atoms with E-state index in [4.69, 9.17) is 0 Å². The number of H-pyrrole nitrogens is 1. The van der Waals surface area contributed by atoms with Gasteiger partial charge in [0.1, 0.15) is 5.69 Å². The smallest absolute Gasteiger partial charge is 0.272 e. The normalized spacial score (nSPS) is 14.4. The molecule has 2 aromatic carbocycles. The van der Waals surface area contributed by atoms with E-state index in [1.54, 1.807) is 0 Å². The van der Waals surface area contributed by atoms with Gasteiger partial charge in [0.05, 0.1) is 5.69 Å². The van der Waals surface area contributed by atoms with E-state index in [2.05, 4.69) is 47.1 Å². The highest BCUT2D eigenvalue weighted by atomic mass is 16.2. The van der Waals surface area contributed by atoms with Crippen molar-refractivity contribution in [2.45, 2.75) is 13.8 Å². The molecule has 1 aromatic heterocycles. The van der Waals surface area contributed by atoms with Crippen LogP contribution < -0.4 is 4.90 Å². The second-order valence-corrected chi connectivity index (χ2v) is 7.10. The maximum absolute atomic E-state index is 12.8. The van der Waals surface area contributed by atoms with Gasteiger partial charge in [-0.1, -0.05) is 48.0 Å². The first-order valence-electron chi connectivity index (χ1n) is 9.34. The van der Waals surface area contributed by atoms with Crippen molar-refractivity contribution < 1.29 is 4.79 Å². The quantitative estimate of drug-likeness (QED) is 0.776. The second kappa shape index (κ2) is 7.27. The van der Waals surface area contributed by atoms with E-state index in [-0.39, 0.29) is 5.91 Å². The third-order valence-electron chi connectivity index (χ3n) is 5.14. The average molecular weight is 360 g/mol. The molecule has 0 radical (unpaired) electrons. The van der Waals surface area contributed by atoms with E-state index in [0.717, 1.165) is 24.3 Å². The Morgan fingerprint density at radius 3 is 2.41 bits per heavy atom. The summed E-state index contributed by atoms with van der Waals surface area (Å²) in [6.07, 6.45) is 0. The molecule has 0 atom stereocenters. The lowest BCUT2D eigenvalue weighted by atomic mass is 10.1. The number of nitrogens with zero attached hydrogens (tertiary/aromatic N) is 3. The third kappa shape index (κ3) is 3.58. The molecule has 0 aliphatic carbocycles. The summed E-state index contributed by atoms with van der Waals surface area (Å²) in [5.41, 5.74) is 6.18. The Morgan fingerprint density at radius 1 is 0.963 bits per heavy atom. The highest BCUT2D eigenvalue weighted by molar-refractivity contribution is 5.93. The Morgan fingerprint density at radius 2 is 1.70 bits per heavy atom. The van der Waals surface area contributed by atoms with Crippen LogP contribution in [0, 0.1) is 13.8 Å². The first kappa shape index (κ1) is 17.3. The number of piperazine rings is 1. The SMILES string of the molecule is Cc1ccc(N2CCN(C(=O)c3cc(-c4ccccc4)n[nH]3)CC2)c(C)c1. The molecule has 1 amide bonds. The van der Waals surface area contributed by atoms with Gasteiger partial charge in [0.2, 0.25) is 0 Å². The minimum Gasteiger partial charge on any atom is -0.368 e. The molecule has 1 aliphatic rings. The molecule has 1 fully saturated rings. The van der Waals surface area contributed by atoms with Crippen LogP contribution >= 0.6 is 0 Å². The number of aromatic nitrogens is 2. The standard InChI is InChI=1S/C22H24N4O/c1-16-8-9-21(17(2)14-16)25-10-12-26(13-11-25)22(27)20-15-19(23-24-20)18-6-4-3-5-7-18/h3-9,14-15H,10-13H2,1-2H3,(H,23,24). The molecule has 4 rings (SSSR count). The molecule has 1 N–H and O–H groups in total. The van der Waals surface area contributed by atoms with E-state index in [0.29, 0.717) is 18.8 Å². The van der Waals surface area contributed by atoms with Crippen LogP contribution in [0.15, 0.2) is 54.6 Å². The van der Waals surface area contributed by atoms with Gasteiger partial charge in [0, 0.05) is 37.4 Å². The number of hydrogen-bond donors (Lipinski definition) is 1. The molecule has 3 aromatic rings. The summed E-state index contributed by atoms with van der Waals surface area (Å²) in [5.74, 6) is 0.0185. The fraction of sp³-hybridized carbons (Fsp3) is 0.273. The van der Waals surface area contributed by atoms with Crippen molar-refractivity contribution in [2.24, 2.45) is 0 Å². The molecule has 27 heavy (non-hydrogen) atoms. The zero-order valence-corrected chi connectivity index (χ0v) is 15.8. The van der Waals surface area contributed by atoms with Crippen molar-refractivity contribution in [2.75, 3.05) is 31.1 Å². The van der Waals surface area contributed by atoms with Gasteiger partial charge >= 0.3 is 0 Å². The summed E-state index contributed by atoms with van der Waals surface area (Å²) in [5, 5.41) is 7.21. The fourth-order valence-electron chi connectivity index (χ4n) is 3.67. The molecular formula is C22H24N4O. The molecule has 0 spiro atoms. The number of rotatable bonds is 3. The van der Waals surface area contributed by atoms with E-state index in [1.807, 2.05) is 41.3 Å². The predicted molar refractivity (Wildman–Crippen MR) is 108 cm³/mol. The summed E-state index contributed by atoms with van der Waals surface area (Å²) in [6.45, 7) is 7.37. The van der Waals surface area contributed by atoms with E-state index < -0.39 is 0 Å². The van der Waals surface area contributed by atoms with Crippen LogP contribution in [0.4, 0.5) is 5.69 Å². The second-order valence-electron chi connectivity index (χ2n) is 7.10. The molecule has 5 nitrogen and oxygen atoms in total. The van der Waals surface area contributed by atoms with Crippen molar-refractivity contribution in [3.05, 3.63) is 71.4 Å². The van der Waals surface area contributed by atoms with Crippen LogP contribution in [0.3, 0.4) is 0 Å². The van der Waals surface area contributed by atoms with Gasteiger partial charge in [-0.3, -0.25) is 9.89 Å². The van der Waals surface area contributed by atoms with Crippen molar-refractivity contribution in [1.82, 2.24) is 15.1 Å². The van der Waals surface area contributed by atoms with Crippen LogP contribution in [0.5, 0.6) is 0 Å². The summed E-state index contributed by atoms with van der Waals surface area (Å²) < 4.78 is 0. The zero-order valence-electron chi connectivity index (χ0n) is 15.8. The summed E-state index contributed by atoms with van der Waals surface area (Å²) in [4.78, 5) is 17.1. The first-order chi connectivity index (χ1) is 13.1. The third-order valence-corrected chi connectivity index (χ3v) is 5.14. The Balaban J connectivity index is 1.42. The number of aromatic amines is 1. The van der Waals surface area contributed by atoms with Crippen molar-refractivity contribution in [1.29, 1.82) is 0 Å². The summed E-state index contributed by atoms with van der Waals surface area (Å²) in [7, 11) is 0. The van der Waals surface area contributed by atoms with Gasteiger partial charge in [-0.15, -0.1) is 0 Å². The highest BCUT2D eigenvalue weighted by Gasteiger charge is 2.24. The minimum absolute atomic E-state index is 0.0185. The maximum atomic E-state index is 12.8. The van der Waals surface area contributed by atoms with Gasteiger partial charge in [0.25, 0.3) is 5.91 Å². The number of aryl methyl sites for hydroxylation is 2. The molecule has 0 unspecified atom stereocenters. The summed E-state index contributed by atoms with van der Waals surface area (Å²) in [6, 6.07) is 18.3. The maximum Gasteiger partial charge on any atom is 0.272 e. The largest absolute Gasteiger partial charge is 0.368 e. The van der Waals surface area contributed by atoms with E-state index in [9.17, 15) is 4.79 Å². The van der Waals surface area contributed by atoms with Crippen LogP contribution in [-0.2, 0) is 0 Å². The molecular weight excluding hydrogens is 336 g/mol. The number of benzene rings is 2. The number of carbonyl (C=O) groups excluding carboxylic acids is 1. The molecule has 1 aliphatic heterocycles. The Kier molecular flexibility index (Phi) is 4.67. The van der Waals surface area contributed by atoms with Crippen molar-refractivity contribution >= 4 is 11.6 Å². The van der Waals surface area contributed by atoms with E-state index in [1.165, 1.54) is 16.8 Å². The van der Waals surface area contributed by atoms with Gasteiger partial charge < -0.3 is 9.80 Å². The number of nitrogens with one attached hydrogen (secondary N) is 1. The number of carbonyl (C=O) groups is 1. The summed E-state index contributed by atoms with van der Waals surface area (Å²) >= 11 is 0. The van der Waals surface area contributed by atoms with Crippen molar-refractivity contribution in [3.8, 4) is 11.3 Å². The van der Waals surface area contributed by atoms with Crippen molar-refractivity contribution in [3.63, 3.8) is 0 Å². The van der Waals surface area contributed by atoms with E-state index >= 15 is 0 Å². The lowest BCUT2D eigenvalue weighted by Crippen LogP contribution is -2.49. The first-order valence-corrected chi connectivity index (χ1v) is 9.34. The minimum atomic E-state index is 0.0185. The van der Waals surface area contributed by atoms with Crippen LogP contribution in [0.1, 0.15) is 21.6 Å². The van der Waals surface area contributed by atoms with Crippen LogP contribution in [0.25, 0.3) is 11.3 Å². The monoisotopic (exact) mass is 360 g/mol. The lowest BCUT2D eigenvalue weighted by Gasteiger charge is -2.36. The number of hydrogen-bond acceptors (Lipinski definition) is 3. The zero-order chi connectivity index (χ0) is 18.8. The molecule has 138 valence electrons. The topological polar surface area (TPSA) is 52.2 Å².